The van der Waals surface area contributed by atoms with E-state index in [-0.39, 0.29) is 19.2 Å². The van der Waals surface area contributed by atoms with Crippen LogP contribution in [0, 0.1) is 0 Å². The molecule has 2 aromatic rings. The summed E-state index contributed by atoms with van der Waals surface area (Å²) in [6.07, 6.45) is -1.86. The molecule has 2 fully saturated rings. The Morgan fingerprint density at radius 1 is 1.08 bits per heavy atom. The average molecular weight is 524 g/mol. The van der Waals surface area contributed by atoms with Gasteiger partial charge in [-0.15, -0.1) is 0 Å². The number of nitrogens with zero attached hydrogens (tertiary/aromatic N) is 4. The topological polar surface area (TPSA) is 89.1 Å². The van der Waals surface area contributed by atoms with Crippen molar-refractivity contribution in [1.29, 1.82) is 0 Å². The number of nitrogens with one attached hydrogen (secondary N) is 1. The quantitative estimate of drug-likeness (QED) is 0.609. The molecule has 0 saturated carbocycles. The van der Waals surface area contributed by atoms with Crippen LogP contribution < -0.4 is 10.2 Å². The van der Waals surface area contributed by atoms with E-state index in [1.54, 1.807) is 38.1 Å². The molecule has 0 aliphatic carbocycles. The Balaban J connectivity index is 1.42. The predicted octanol–water partition coefficient (Wildman–Crippen LogP) is 3.95. The van der Waals surface area contributed by atoms with Gasteiger partial charge in [-0.05, 0) is 38.5 Å². The van der Waals surface area contributed by atoms with Gasteiger partial charge in [-0.1, -0.05) is 12.1 Å². The molecule has 9 nitrogen and oxygen atoms in total. The van der Waals surface area contributed by atoms with Gasteiger partial charge in [-0.2, -0.15) is 13.2 Å². The van der Waals surface area contributed by atoms with E-state index >= 15 is 0 Å². The van der Waals surface area contributed by atoms with Gasteiger partial charge in [-0.25, -0.2) is 14.8 Å². The highest BCUT2D eigenvalue weighted by atomic mass is 19.4. The summed E-state index contributed by atoms with van der Waals surface area (Å²) in [7, 11) is 0. The second-order valence-corrected chi connectivity index (χ2v) is 10.0. The van der Waals surface area contributed by atoms with Crippen LogP contribution in [0.15, 0.2) is 36.7 Å². The van der Waals surface area contributed by atoms with Crippen LogP contribution in [0.3, 0.4) is 0 Å². The number of alkyl halides is 3. The number of rotatable bonds is 6. The van der Waals surface area contributed by atoms with E-state index in [1.807, 2.05) is 0 Å². The first-order valence-corrected chi connectivity index (χ1v) is 12.1. The van der Waals surface area contributed by atoms with Gasteiger partial charge in [0.2, 0.25) is 5.95 Å². The van der Waals surface area contributed by atoms with Gasteiger partial charge in [-0.3, -0.25) is 0 Å². The Kier molecular flexibility index (Phi) is 8.08. The Morgan fingerprint density at radius 3 is 2.32 bits per heavy atom. The van der Waals surface area contributed by atoms with Crippen LogP contribution in [0.5, 0.6) is 0 Å². The highest BCUT2D eigenvalue weighted by Crippen LogP contribution is 2.29. The van der Waals surface area contributed by atoms with Crippen molar-refractivity contribution in [3.8, 4) is 0 Å². The maximum atomic E-state index is 12.9. The lowest BCUT2D eigenvalue weighted by Crippen LogP contribution is -2.37. The van der Waals surface area contributed by atoms with Gasteiger partial charge >= 0.3 is 12.3 Å². The van der Waals surface area contributed by atoms with Gasteiger partial charge in [0.25, 0.3) is 0 Å². The molecule has 0 bridgehead atoms. The summed E-state index contributed by atoms with van der Waals surface area (Å²) < 4.78 is 55.5. The maximum absolute atomic E-state index is 12.9. The van der Waals surface area contributed by atoms with Crippen molar-refractivity contribution >= 4 is 17.7 Å². The lowest BCUT2D eigenvalue weighted by Gasteiger charge is -2.28. The molecule has 1 aromatic heterocycles. The number of benzene rings is 1. The SMILES string of the molecule is CC(C)(C)OC(=O)N1C[C@@H](Nc2ncc(N3CCOCC3)cn2)[C@H](OCc2ccc(C(F)(F)F)cc2)C1. The van der Waals surface area contributed by atoms with Crippen molar-refractivity contribution in [2.45, 2.75) is 51.3 Å². The van der Waals surface area contributed by atoms with Crippen LogP contribution in [-0.2, 0) is 27.0 Å². The third kappa shape index (κ3) is 7.45. The zero-order valence-electron chi connectivity index (χ0n) is 21.1. The standard InChI is InChI=1S/C25H32F3N5O4/c1-24(2,3)37-23(34)33-14-20(31-22-29-12-19(13-30-22)32-8-10-35-11-9-32)21(15-33)36-16-17-4-6-18(7-5-17)25(26,27)28/h4-7,12-13,20-21H,8-11,14-16H2,1-3H3,(H,29,30,31)/t20-,21-/m1/s1. The first-order chi connectivity index (χ1) is 17.5. The van der Waals surface area contributed by atoms with Crippen LogP contribution in [0.4, 0.5) is 29.6 Å². The minimum atomic E-state index is -4.40. The number of morpholine rings is 1. The fourth-order valence-electron chi connectivity index (χ4n) is 4.10. The largest absolute Gasteiger partial charge is 0.444 e. The highest BCUT2D eigenvalue weighted by Gasteiger charge is 2.38. The van der Waals surface area contributed by atoms with Crippen LogP contribution in [0.1, 0.15) is 31.9 Å². The summed E-state index contributed by atoms with van der Waals surface area (Å²) in [5.41, 5.74) is 0.113. The summed E-state index contributed by atoms with van der Waals surface area (Å²) in [6.45, 7) is 8.84. The number of hydrogen-bond donors (Lipinski definition) is 1. The monoisotopic (exact) mass is 523 g/mol. The van der Waals surface area contributed by atoms with E-state index in [4.69, 9.17) is 14.2 Å². The zero-order valence-corrected chi connectivity index (χ0v) is 21.1. The van der Waals surface area contributed by atoms with Gasteiger partial charge in [0.05, 0.1) is 62.2 Å². The summed E-state index contributed by atoms with van der Waals surface area (Å²) in [4.78, 5) is 25.2. The van der Waals surface area contributed by atoms with Gasteiger partial charge in [0.15, 0.2) is 0 Å². The molecule has 2 atom stereocenters. The number of aromatic nitrogens is 2. The summed E-state index contributed by atoms with van der Waals surface area (Å²) in [6, 6.07) is 4.48. The molecule has 12 heteroatoms. The molecule has 202 valence electrons. The minimum absolute atomic E-state index is 0.0833. The molecular formula is C25H32F3N5O4. The van der Waals surface area contributed by atoms with E-state index in [0.29, 0.717) is 31.3 Å². The Morgan fingerprint density at radius 2 is 1.73 bits per heavy atom. The average Bonchev–Trinajstić information content (AvgIpc) is 3.25. The van der Waals surface area contributed by atoms with E-state index in [1.165, 1.54) is 12.1 Å². The number of carbonyl (C=O) groups is 1. The number of anilines is 2. The van der Waals surface area contributed by atoms with Crippen LogP contribution >= 0.6 is 0 Å². The van der Waals surface area contributed by atoms with Crippen LogP contribution in [0.25, 0.3) is 0 Å². The van der Waals surface area contributed by atoms with Crippen molar-refractivity contribution in [3.63, 3.8) is 0 Å². The predicted molar refractivity (Wildman–Crippen MR) is 130 cm³/mol. The van der Waals surface area contributed by atoms with E-state index < -0.39 is 29.5 Å². The zero-order chi connectivity index (χ0) is 26.6. The number of amides is 1. The normalized spacial score (nSPS) is 20.7. The molecule has 4 rings (SSSR count). The van der Waals surface area contributed by atoms with E-state index in [0.717, 1.165) is 30.9 Å². The van der Waals surface area contributed by atoms with Crippen molar-refractivity contribution in [3.05, 3.63) is 47.8 Å². The van der Waals surface area contributed by atoms with Crippen molar-refractivity contribution in [2.75, 3.05) is 49.6 Å². The fraction of sp³-hybridized carbons (Fsp3) is 0.560. The summed E-state index contributed by atoms with van der Waals surface area (Å²) in [5, 5.41) is 3.25. The Bertz CT molecular complexity index is 1040. The second kappa shape index (κ2) is 11.1. The lowest BCUT2D eigenvalue weighted by atomic mass is 10.1. The molecule has 37 heavy (non-hydrogen) atoms. The molecule has 2 saturated heterocycles. The summed E-state index contributed by atoms with van der Waals surface area (Å²) >= 11 is 0. The fourth-order valence-corrected chi connectivity index (χ4v) is 4.10. The maximum Gasteiger partial charge on any atom is 0.416 e. The first-order valence-electron chi connectivity index (χ1n) is 12.1. The van der Waals surface area contributed by atoms with Gasteiger partial charge < -0.3 is 29.3 Å². The summed E-state index contributed by atoms with van der Waals surface area (Å²) in [5.74, 6) is 0.385. The van der Waals surface area contributed by atoms with Crippen molar-refractivity contribution in [2.24, 2.45) is 0 Å². The van der Waals surface area contributed by atoms with Crippen LogP contribution in [0.2, 0.25) is 0 Å². The molecule has 1 amide bonds. The smallest absolute Gasteiger partial charge is 0.416 e. The minimum Gasteiger partial charge on any atom is -0.444 e. The number of halogens is 3. The van der Waals surface area contributed by atoms with Gasteiger partial charge in [0, 0.05) is 19.6 Å². The van der Waals surface area contributed by atoms with Crippen molar-refractivity contribution < 1.29 is 32.2 Å². The molecule has 2 aliphatic heterocycles. The van der Waals surface area contributed by atoms with Gasteiger partial charge in [0.1, 0.15) is 5.60 Å². The number of ether oxygens (including phenoxy) is 3. The molecule has 1 aromatic carbocycles. The molecule has 2 aliphatic rings. The Hall–Kier alpha value is -3.12. The molecule has 1 N–H and O–H groups in total. The lowest BCUT2D eigenvalue weighted by molar-refractivity contribution is -0.137. The highest BCUT2D eigenvalue weighted by molar-refractivity contribution is 5.69. The molecule has 0 spiro atoms. The first kappa shape index (κ1) is 26.9. The third-order valence-corrected chi connectivity index (χ3v) is 5.99. The third-order valence-electron chi connectivity index (χ3n) is 5.99. The number of likely N-dealkylation sites (tertiary alicyclic amines) is 1. The van der Waals surface area contributed by atoms with Crippen molar-refractivity contribution in [1.82, 2.24) is 14.9 Å². The van der Waals surface area contributed by atoms with E-state index in [9.17, 15) is 18.0 Å². The number of hydrogen-bond acceptors (Lipinski definition) is 8. The number of carbonyl (C=O) groups excluding carboxylic acids is 1. The van der Waals surface area contributed by atoms with E-state index in [2.05, 4.69) is 20.2 Å². The van der Waals surface area contributed by atoms with Crippen LogP contribution in [-0.4, -0.2) is 78.1 Å². The molecule has 0 unspecified atom stereocenters. The molecule has 3 heterocycles. The molecular weight excluding hydrogens is 491 g/mol. The second-order valence-electron chi connectivity index (χ2n) is 10.0. The molecule has 0 radical (unpaired) electrons. The Labute approximate surface area is 213 Å².